The van der Waals surface area contributed by atoms with Gasteiger partial charge in [-0.1, -0.05) is 63.1 Å². The van der Waals surface area contributed by atoms with Crippen LogP contribution in [0.2, 0.25) is 0 Å². The maximum atomic E-state index is 13.3. The Hall–Kier alpha value is -3.35. The third-order valence-corrected chi connectivity index (χ3v) is 6.15. The molecule has 0 heterocycles. The van der Waals surface area contributed by atoms with E-state index in [-0.39, 0.29) is 17.1 Å². The van der Waals surface area contributed by atoms with Crippen molar-refractivity contribution in [1.29, 1.82) is 0 Å². The number of ketones is 1. The number of rotatable bonds is 14. The highest BCUT2D eigenvalue weighted by Crippen LogP contribution is 2.39. The van der Waals surface area contributed by atoms with Crippen molar-refractivity contribution in [2.24, 2.45) is 0 Å². The zero-order valence-electron chi connectivity index (χ0n) is 21.8. The van der Waals surface area contributed by atoms with E-state index in [2.05, 4.69) is 13.8 Å². The molecule has 196 valence electrons. The first-order valence-electron chi connectivity index (χ1n) is 13.0. The molecule has 7 heteroatoms. The second-order valence-corrected chi connectivity index (χ2v) is 9.06. The fraction of sp³-hybridized carbons (Fsp3) is 0.367. The summed E-state index contributed by atoms with van der Waals surface area (Å²) in [5.41, 5.74) is 2.84. The average Bonchev–Trinajstić information content (AvgIpc) is 2.88. The second kappa shape index (κ2) is 14.4. The number of allylic oxidation sites excluding steroid dienone is 4. The van der Waals surface area contributed by atoms with Gasteiger partial charge in [0.05, 0.1) is 13.2 Å². The summed E-state index contributed by atoms with van der Waals surface area (Å²) in [4.78, 5) is 12.6. The number of hydrogen-bond donors (Lipinski definition) is 0. The van der Waals surface area contributed by atoms with E-state index < -0.39 is 13.4 Å². The van der Waals surface area contributed by atoms with Gasteiger partial charge in [0.15, 0.2) is 5.78 Å². The van der Waals surface area contributed by atoms with Gasteiger partial charge < -0.3 is 14.1 Å². The Bertz CT molecular complexity index is 1110. The van der Waals surface area contributed by atoms with E-state index >= 15 is 0 Å². The first-order chi connectivity index (χ1) is 17.9. The van der Waals surface area contributed by atoms with E-state index in [1.165, 1.54) is 6.92 Å². The molecule has 1 aliphatic rings. The summed E-state index contributed by atoms with van der Waals surface area (Å²) in [5, 5.41) is 0. The predicted octanol–water partition coefficient (Wildman–Crippen LogP) is 7.96. The standard InChI is InChI=1S/C30H35BF2O4/c1-4-6-18-35-26-14-10-23(11-15-26)8-9-24-20-28(30(22(3)34)29(21-24)37-31(32)33)25-12-16-27(17-13-25)36-19-7-5-2/h8-17,21,28H,4-7,18-20H2,1-3H3. The highest BCUT2D eigenvalue weighted by atomic mass is 19.2. The lowest BCUT2D eigenvalue weighted by Crippen LogP contribution is -2.19. The van der Waals surface area contributed by atoms with Crippen molar-refractivity contribution in [2.45, 2.75) is 58.8 Å². The van der Waals surface area contributed by atoms with Crippen LogP contribution in [0.4, 0.5) is 8.63 Å². The average molecular weight is 508 g/mol. The quantitative estimate of drug-likeness (QED) is 0.192. The van der Waals surface area contributed by atoms with Crippen LogP contribution in [-0.4, -0.2) is 26.5 Å². The third-order valence-electron chi connectivity index (χ3n) is 6.15. The molecule has 0 amide bonds. The lowest BCUT2D eigenvalue weighted by atomic mass is 9.79. The van der Waals surface area contributed by atoms with Crippen LogP contribution in [0, 0.1) is 0 Å². The van der Waals surface area contributed by atoms with Crippen molar-refractivity contribution in [2.75, 3.05) is 13.2 Å². The van der Waals surface area contributed by atoms with Gasteiger partial charge in [0, 0.05) is 11.5 Å². The number of benzene rings is 2. The second-order valence-electron chi connectivity index (χ2n) is 9.06. The number of carbonyl (C=O) groups is 1. The molecule has 37 heavy (non-hydrogen) atoms. The molecule has 4 nitrogen and oxygen atoms in total. The Labute approximate surface area is 219 Å². The van der Waals surface area contributed by atoms with Crippen LogP contribution in [0.15, 0.2) is 77.6 Å². The van der Waals surface area contributed by atoms with E-state index in [1.807, 2.05) is 60.7 Å². The van der Waals surface area contributed by atoms with E-state index in [9.17, 15) is 13.4 Å². The van der Waals surface area contributed by atoms with Crippen molar-refractivity contribution in [1.82, 2.24) is 0 Å². The Morgan fingerprint density at radius 1 is 0.919 bits per heavy atom. The minimum absolute atomic E-state index is 0.0821. The smallest absolute Gasteiger partial charge is 0.505 e. The topological polar surface area (TPSA) is 44.8 Å². The van der Waals surface area contributed by atoms with Crippen LogP contribution < -0.4 is 9.47 Å². The third kappa shape index (κ3) is 8.62. The summed E-state index contributed by atoms with van der Waals surface area (Å²) in [6.45, 7) is 6.92. The lowest BCUT2D eigenvalue weighted by Gasteiger charge is -2.27. The SMILES string of the molecule is CCCCOc1ccc(C=CC2=CC(OB(F)F)=C(C(C)=O)C(c3ccc(OCCCC)cc3)C2)cc1. The van der Waals surface area contributed by atoms with Crippen molar-refractivity contribution in [3.05, 3.63) is 88.7 Å². The van der Waals surface area contributed by atoms with Gasteiger partial charge in [0.25, 0.3) is 0 Å². The van der Waals surface area contributed by atoms with Crippen molar-refractivity contribution >= 4 is 19.3 Å². The molecule has 2 aromatic rings. The predicted molar refractivity (Wildman–Crippen MR) is 145 cm³/mol. The Kier molecular flexibility index (Phi) is 11.0. The molecule has 0 aliphatic heterocycles. The molecule has 0 spiro atoms. The van der Waals surface area contributed by atoms with Crippen LogP contribution in [0.1, 0.15) is 69.9 Å². The van der Waals surface area contributed by atoms with Crippen LogP contribution in [0.25, 0.3) is 6.08 Å². The highest BCUT2D eigenvalue weighted by Gasteiger charge is 2.31. The molecule has 0 saturated carbocycles. The minimum atomic E-state index is -3.03. The number of halogens is 2. The molecule has 3 rings (SSSR count). The lowest BCUT2D eigenvalue weighted by molar-refractivity contribution is -0.114. The minimum Gasteiger partial charge on any atom is -0.505 e. The van der Waals surface area contributed by atoms with Gasteiger partial charge in [0.2, 0.25) is 0 Å². The Morgan fingerprint density at radius 3 is 2.00 bits per heavy atom. The van der Waals surface area contributed by atoms with Gasteiger partial charge in [-0.2, -0.15) is 0 Å². The van der Waals surface area contributed by atoms with Gasteiger partial charge in [-0.3, -0.25) is 4.79 Å². The first-order valence-corrected chi connectivity index (χ1v) is 13.0. The van der Waals surface area contributed by atoms with E-state index in [4.69, 9.17) is 14.1 Å². The van der Waals surface area contributed by atoms with Crippen LogP contribution in [-0.2, 0) is 9.45 Å². The summed E-state index contributed by atoms with van der Waals surface area (Å²) < 4.78 is 42.8. The monoisotopic (exact) mass is 508 g/mol. The fourth-order valence-electron chi connectivity index (χ4n) is 4.17. The van der Waals surface area contributed by atoms with E-state index in [0.717, 1.165) is 53.9 Å². The summed E-state index contributed by atoms with van der Waals surface area (Å²) in [6.07, 6.45) is 9.91. The fourth-order valence-corrected chi connectivity index (χ4v) is 4.17. The number of unbranched alkanes of at least 4 members (excludes halogenated alkanes) is 2. The number of hydrogen-bond acceptors (Lipinski definition) is 4. The summed E-state index contributed by atoms with van der Waals surface area (Å²) in [5.74, 6) is 0.771. The highest BCUT2D eigenvalue weighted by molar-refractivity contribution is 6.35. The molecule has 0 aromatic heterocycles. The van der Waals surface area contributed by atoms with Crippen molar-refractivity contribution < 1.29 is 27.6 Å². The molecule has 0 saturated heterocycles. The van der Waals surface area contributed by atoms with Crippen molar-refractivity contribution in [3.63, 3.8) is 0 Å². The summed E-state index contributed by atoms with van der Waals surface area (Å²) in [7, 11) is -3.03. The van der Waals surface area contributed by atoms with Gasteiger partial charge in [-0.05, 0) is 73.2 Å². The number of Topliss-reactive ketones (excluding diaryl/α,β-unsaturated/α-hetero) is 1. The molecule has 1 atom stereocenters. The molecule has 0 radical (unpaired) electrons. The first kappa shape index (κ1) is 28.2. The molecule has 1 aliphatic carbocycles. The molecule has 0 bridgehead atoms. The zero-order valence-corrected chi connectivity index (χ0v) is 21.8. The van der Waals surface area contributed by atoms with Gasteiger partial charge in [-0.25, -0.2) is 8.63 Å². The van der Waals surface area contributed by atoms with Crippen LogP contribution in [0.3, 0.4) is 0 Å². The maximum absolute atomic E-state index is 13.3. The molecule has 1 unspecified atom stereocenters. The molecule has 0 fully saturated rings. The van der Waals surface area contributed by atoms with Crippen LogP contribution in [0.5, 0.6) is 11.5 Å². The zero-order chi connectivity index (χ0) is 26.6. The summed E-state index contributed by atoms with van der Waals surface area (Å²) >= 11 is 0. The molecule has 2 aromatic carbocycles. The van der Waals surface area contributed by atoms with Gasteiger partial charge in [0.1, 0.15) is 17.3 Å². The number of carbonyl (C=O) groups excluding carboxylic acids is 1. The number of ether oxygens (including phenoxy) is 2. The molecule has 0 N–H and O–H groups in total. The Balaban J connectivity index is 1.84. The van der Waals surface area contributed by atoms with Crippen LogP contribution >= 0.6 is 0 Å². The Morgan fingerprint density at radius 2 is 1.49 bits per heavy atom. The van der Waals surface area contributed by atoms with Crippen molar-refractivity contribution in [3.8, 4) is 11.5 Å². The largest absolute Gasteiger partial charge is 0.796 e. The molecular formula is C30H35BF2O4. The van der Waals surface area contributed by atoms with Gasteiger partial charge >= 0.3 is 7.47 Å². The maximum Gasteiger partial charge on any atom is 0.796 e. The van der Waals surface area contributed by atoms with Gasteiger partial charge in [-0.15, -0.1) is 0 Å². The normalized spacial score (nSPS) is 15.5. The van der Waals surface area contributed by atoms with E-state index in [0.29, 0.717) is 19.6 Å². The summed E-state index contributed by atoms with van der Waals surface area (Å²) in [6, 6.07) is 15.2. The van der Waals surface area contributed by atoms with E-state index in [1.54, 1.807) is 6.08 Å². The molecular weight excluding hydrogens is 473 g/mol.